The van der Waals surface area contributed by atoms with Gasteiger partial charge in [0.15, 0.2) is 5.65 Å². The van der Waals surface area contributed by atoms with E-state index < -0.39 is 0 Å². The molecule has 1 aliphatic rings. The van der Waals surface area contributed by atoms with Crippen LogP contribution in [0.3, 0.4) is 0 Å². The Morgan fingerprint density at radius 3 is 2.67 bits per heavy atom. The van der Waals surface area contributed by atoms with Crippen LogP contribution in [0, 0.1) is 26.7 Å². The second kappa shape index (κ2) is 9.00. The molecule has 1 atom stereocenters. The van der Waals surface area contributed by atoms with Crippen molar-refractivity contribution in [2.75, 3.05) is 18.4 Å². The van der Waals surface area contributed by atoms with Gasteiger partial charge in [-0.3, -0.25) is 4.79 Å². The van der Waals surface area contributed by atoms with E-state index in [0.717, 1.165) is 42.0 Å². The molecule has 3 aromatic rings. The number of fused-ring (bicyclic) bond motifs is 1. The summed E-state index contributed by atoms with van der Waals surface area (Å²) in [5.41, 5.74) is 6.36. The molecule has 158 valence electrons. The molecule has 3 heterocycles. The largest absolute Gasteiger partial charge is 0.354 e. The molecule has 0 bridgehead atoms. The van der Waals surface area contributed by atoms with Crippen molar-refractivity contribution in [3.05, 3.63) is 58.9 Å². The van der Waals surface area contributed by atoms with E-state index in [1.165, 1.54) is 17.5 Å². The van der Waals surface area contributed by atoms with Gasteiger partial charge in [-0.05, 0) is 74.9 Å². The van der Waals surface area contributed by atoms with Gasteiger partial charge in [0, 0.05) is 36.1 Å². The number of benzene rings is 1. The van der Waals surface area contributed by atoms with Gasteiger partial charge in [-0.1, -0.05) is 13.0 Å². The number of likely N-dealkylation sites (tertiary alicyclic amines) is 1. The predicted molar refractivity (Wildman–Crippen MR) is 125 cm³/mol. The summed E-state index contributed by atoms with van der Waals surface area (Å²) in [4.78, 5) is 24.4. The Hall–Kier alpha value is -2.66. The molecule has 0 saturated carbocycles. The van der Waals surface area contributed by atoms with E-state index in [0.29, 0.717) is 17.1 Å². The molecule has 1 fully saturated rings. The number of aryl methyl sites for hydroxylation is 3. The summed E-state index contributed by atoms with van der Waals surface area (Å²) in [6.45, 7) is 9.95. The summed E-state index contributed by atoms with van der Waals surface area (Å²) in [5, 5.41) is 4.37. The Morgan fingerprint density at radius 1 is 1.13 bits per heavy atom. The minimum atomic E-state index is 0. The molecule has 1 aliphatic heterocycles. The quantitative estimate of drug-likeness (QED) is 0.595. The van der Waals surface area contributed by atoms with Crippen LogP contribution in [0.4, 0.5) is 11.4 Å². The lowest BCUT2D eigenvalue weighted by Gasteiger charge is -2.31. The second-order valence-corrected chi connectivity index (χ2v) is 8.29. The fourth-order valence-electron chi connectivity index (χ4n) is 3.98. The zero-order valence-electron chi connectivity index (χ0n) is 18.0. The van der Waals surface area contributed by atoms with Gasteiger partial charge in [0.05, 0.1) is 11.3 Å². The highest BCUT2D eigenvalue weighted by Crippen LogP contribution is 2.31. The highest BCUT2D eigenvalue weighted by molar-refractivity contribution is 6.07. The number of hydrogen-bond donors (Lipinski definition) is 1. The van der Waals surface area contributed by atoms with Gasteiger partial charge in [-0.15, -0.1) is 12.4 Å². The van der Waals surface area contributed by atoms with Crippen LogP contribution in [0.2, 0.25) is 0 Å². The molecule has 0 radical (unpaired) electrons. The van der Waals surface area contributed by atoms with E-state index in [1.807, 2.05) is 30.0 Å². The van der Waals surface area contributed by atoms with E-state index in [4.69, 9.17) is 0 Å². The number of nitrogens with zero attached hydrogens (tertiary/aromatic N) is 3. The summed E-state index contributed by atoms with van der Waals surface area (Å²) < 4.78 is 0. The maximum absolute atomic E-state index is 13.4. The summed E-state index contributed by atoms with van der Waals surface area (Å²) in [6, 6.07) is 10.2. The monoisotopic (exact) mass is 424 g/mol. The molecular weight excluding hydrogens is 396 g/mol. The van der Waals surface area contributed by atoms with Crippen LogP contribution < -0.4 is 5.32 Å². The molecular formula is C24H29ClN4O. The summed E-state index contributed by atoms with van der Waals surface area (Å²) in [6.07, 6.45) is 3.91. The zero-order valence-corrected chi connectivity index (χ0v) is 18.8. The first-order chi connectivity index (χ1) is 13.9. The van der Waals surface area contributed by atoms with E-state index >= 15 is 0 Å². The standard InChI is InChI=1S/C24H28N4O.ClH/c1-15-6-5-11-28(14-15)24(29)21-13-25-23-20(10-8-18(4)26-23)22(21)27-19-9-7-16(2)17(3)12-19;/h7-10,12-13,15H,5-6,11,14H2,1-4H3,(H,25,26,27);1H. The smallest absolute Gasteiger partial charge is 0.257 e. The normalized spacial score (nSPS) is 16.3. The number of carbonyl (C=O) groups excluding carboxylic acids is 1. The third kappa shape index (κ3) is 4.41. The number of piperidine rings is 1. The number of aromatic nitrogens is 2. The van der Waals surface area contributed by atoms with Gasteiger partial charge >= 0.3 is 0 Å². The average Bonchev–Trinajstić information content (AvgIpc) is 2.70. The van der Waals surface area contributed by atoms with Gasteiger partial charge in [-0.25, -0.2) is 9.97 Å². The van der Waals surface area contributed by atoms with E-state index in [-0.39, 0.29) is 18.3 Å². The first kappa shape index (κ1) is 22.0. The summed E-state index contributed by atoms with van der Waals surface area (Å²) >= 11 is 0. The molecule has 1 N–H and O–H groups in total. The second-order valence-electron chi connectivity index (χ2n) is 8.29. The van der Waals surface area contributed by atoms with Crippen LogP contribution in [-0.4, -0.2) is 33.9 Å². The molecule has 1 amide bonds. The SMILES string of the molecule is Cc1ccc2c(Nc3ccc(C)c(C)c3)c(C(=O)N3CCCC(C)C3)cnc2n1.Cl. The zero-order chi connectivity index (χ0) is 20.5. The topological polar surface area (TPSA) is 58.1 Å². The Bertz CT molecular complexity index is 1080. The molecule has 1 saturated heterocycles. The maximum atomic E-state index is 13.4. The van der Waals surface area contributed by atoms with E-state index in [2.05, 4.69) is 48.2 Å². The van der Waals surface area contributed by atoms with Crippen molar-refractivity contribution >= 4 is 40.7 Å². The van der Waals surface area contributed by atoms with Crippen molar-refractivity contribution in [2.24, 2.45) is 5.92 Å². The Morgan fingerprint density at radius 2 is 1.93 bits per heavy atom. The minimum Gasteiger partial charge on any atom is -0.354 e. The van der Waals surface area contributed by atoms with Gasteiger partial charge < -0.3 is 10.2 Å². The van der Waals surface area contributed by atoms with Crippen LogP contribution in [0.1, 0.15) is 46.9 Å². The lowest BCUT2D eigenvalue weighted by Crippen LogP contribution is -2.39. The number of anilines is 2. The lowest BCUT2D eigenvalue weighted by atomic mass is 9.99. The Labute approximate surface area is 184 Å². The van der Waals surface area contributed by atoms with Crippen molar-refractivity contribution in [1.29, 1.82) is 0 Å². The fourth-order valence-corrected chi connectivity index (χ4v) is 3.98. The predicted octanol–water partition coefficient (Wildman–Crippen LogP) is 5.59. The number of hydrogen-bond acceptors (Lipinski definition) is 4. The van der Waals surface area contributed by atoms with Crippen molar-refractivity contribution < 1.29 is 4.79 Å². The van der Waals surface area contributed by atoms with Crippen LogP contribution >= 0.6 is 12.4 Å². The van der Waals surface area contributed by atoms with Crippen LogP contribution in [0.15, 0.2) is 36.5 Å². The van der Waals surface area contributed by atoms with E-state index in [1.54, 1.807) is 6.20 Å². The highest BCUT2D eigenvalue weighted by Gasteiger charge is 2.25. The highest BCUT2D eigenvalue weighted by atomic mass is 35.5. The number of pyridine rings is 2. The van der Waals surface area contributed by atoms with Gasteiger partial charge in [0.25, 0.3) is 5.91 Å². The van der Waals surface area contributed by atoms with Gasteiger partial charge in [0.1, 0.15) is 0 Å². The maximum Gasteiger partial charge on any atom is 0.257 e. The fraction of sp³-hybridized carbons (Fsp3) is 0.375. The number of amides is 1. The first-order valence-electron chi connectivity index (χ1n) is 10.3. The van der Waals surface area contributed by atoms with Crippen molar-refractivity contribution in [1.82, 2.24) is 14.9 Å². The molecule has 5 nitrogen and oxygen atoms in total. The summed E-state index contributed by atoms with van der Waals surface area (Å²) in [5.74, 6) is 0.569. The van der Waals surface area contributed by atoms with Crippen LogP contribution in [-0.2, 0) is 0 Å². The molecule has 4 rings (SSSR count). The lowest BCUT2D eigenvalue weighted by molar-refractivity contribution is 0.0684. The minimum absolute atomic E-state index is 0. The molecule has 1 aromatic carbocycles. The molecule has 1 unspecified atom stereocenters. The summed E-state index contributed by atoms with van der Waals surface area (Å²) in [7, 11) is 0. The van der Waals surface area contributed by atoms with E-state index in [9.17, 15) is 4.79 Å². The van der Waals surface area contributed by atoms with Crippen LogP contribution in [0.25, 0.3) is 11.0 Å². The van der Waals surface area contributed by atoms with Crippen molar-refractivity contribution in [3.8, 4) is 0 Å². The average molecular weight is 425 g/mol. The molecule has 0 aliphatic carbocycles. The molecule has 2 aromatic heterocycles. The van der Waals surface area contributed by atoms with Crippen molar-refractivity contribution in [3.63, 3.8) is 0 Å². The van der Waals surface area contributed by atoms with Crippen LogP contribution in [0.5, 0.6) is 0 Å². The van der Waals surface area contributed by atoms with Crippen molar-refractivity contribution in [2.45, 2.75) is 40.5 Å². The molecule has 30 heavy (non-hydrogen) atoms. The first-order valence-corrected chi connectivity index (χ1v) is 10.3. The number of carbonyl (C=O) groups is 1. The molecule has 6 heteroatoms. The number of rotatable bonds is 3. The van der Waals surface area contributed by atoms with Gasteiger partial charge in [0.2, 0.25) is 0 Å². The third-order valence-corrected chi connectivity index (χ3v) is 5.82. The Balaban J connectivity index is 0.00000256. The third-order valence-electron chi connectivity index (χ3n) is 5.82. The number of nitrogens with one attached hydrogen (secondary N) is 1. The Kier molecular flexibility index (Phi) is 6.61. The number of halogens is 1. The van der Waals surface area contributed by atoms with Gasteiger partial charge in [-0.2, -0.15) is 0 Å². The molecule has 0 spiro atoms.